The zero-order valence-electron chi connectivity index (χ0n) is 13.5. The maximum atomic E-state index is 12.2. The van der Waals surface area contributed by atoms with E-state index in [1.54, 1.807) is 12.3 Å². The highest BCUT2D eigenvalue weighted by Crippen LogP contribution is 2.33. The van der Waals surface area contributed by atoms with Crippen molar-refractivity contribution in [3.63, 3.8) is 0 Å². The predicted octanol–water partition coefficient (Wildman–Crippen LogP) is 3.68. The van der Waals surface area contributed by atoms with Crippen LogP contribution in [-0.4, -0.2) is 22.2 Å². The lowest BCUT2D eigenvalue weighted by molar-refractivity contribution is -0.115. The molecule has 2 aliphatic heterocycles. The Morgan fingerprint density at radius 1 is 1.24 bits per heavy atom. The Hall–Kier alpha value is -2.86. The monoisotopic (exact) mass is 349 g/mol. The third kappa shape index (κ3) is 3.34. The smallest absolute Gasteiger partial charge is 0.264 e. The second kappa shape index (κ2) is 6.57. The van der Waals surface area contributed by atoms with Gasteiger partial charge in [-0.25, -0.2) is 9.98 Å². The van der Waals surface area contributed by atoms with E-state index in [1.165, 1.54) is 11.8 Å². The van der Waals surface area contributed by atoms with Gasteiger partial charge in [0.1, 0.15) is 11.9 Å². The molecule has 2 aromatic rings. The van der Waals surface area contributed by atoms with Crippen LogP contribution in [0, 0.1) is 0 Å². The minimum absolute atomic E-state index is 0.118. The van der Waals surface area contributed by atoms with Gasteiger partial charge >= 0.3 is 0 Å². The van der Waals surface area contributed by atoms with Gasteiger partial charge in [0.05, 0.1) is 4.91 Å². The van der Waals surface area contributed by atoms with E-state index in [1.807, 2.05) is 49.4 Å². The van der Waals surface area contributed by atoms with Crippen molar-refractivity contribution in [2.24, 2.45) is 4.99 Å². The molecule has 1 amide bonds. The quantitative estimate of drug-likeness (QED) is 0.840. The van der Waals surface area contributed by atoms with E-state index in [2.05, 4.69) is 21.4 Å². The molecule has 4 rings (SSSR count). The number of aromatic nitrogens is 1. The minimum Gasteiger partial charge on any atom is -0.485 e. The van der Waals surface area contributed by atoms with Crippen LogP contribution in [0.25, 0.3) is 6.08 Å². The van der Waals surface area contributed by atoms with Crippen molar-refractivity contribution in [3.8, 4) is 5.75 Å². The molecule has 1 aromatic carbocycles. The molecule has 5 nitrogen and oxygen atoms in total. The van der Waals surface area contributed by atoms with Crippen molar-refractivity contribution < 1.29 is 9.53 Å². The zero-order valence-corrected chi connectivity index (χ0v) is 14.3. The largest absolute Gasteiger partial charge is 0.485 e. The highest BCUT2D eigenvalue weighted by atomic mass is 32.2. The summed E-state index contributed by atoms with van der Waals surface area (Å²) < 4.78 is 5.92. The maximum Gasteiger partial charge on any atom is 0.264 e. The molecule has 1 N–H and O–H groups in total. The van der Waals surface area contributed by atoms with Crippen molar-refractivity contribution in [2.75, 3.05) is 0 Å². The molecule has 2 aliphatic rings. The first-order valence-electron chi connectivity index (χ1n) is 7.87. The predicted molar refractivity (Wildman–Crippen MR) is 99.7 cm³/mol. The number of nitrogens with one attached hydrogen (secondary N) is 1. The van der Waals surface area contributed by atoms with Crippen molar-refractivity contribution >= 4 is 34.7 Å². The lowest BCUT2D eigenvalue weighted by Crippen LogP contribution is -2.20. The normalized spacial score (nSPS) is 22.4. The first-order chi connectivity index (χ1) is 12.2. The average Bonchev–Trinajstić information content (AvgIpc) is 2.95. The number of fused-ring (bicyclic) bond motifs is 1. The number of benzene rings is 1. The van der Waals surface area contributed by atoms with Crippen LogP contribution in [0.1, 0.15) is 12.5 Å². The summed E-state index contributed by atoms with van der Waals surface area (Å²) in [6.45, 7) is 1.97. The van der Waals surface area contributed by atoms with E-state index in [-0.39, 0.29) is 12.0 Å². The van der Waals surface area contributed by atoms with Crippen LogP contribution in [-0.2, 0) is 4.79 Å². The third-order valence-electron chi connectivity index (χ3n) is 3.83. The fraction of sp³-hybridized carbons (Fsp3) is 0.105. The summed E-state index contributed by atoms with van der Waals surface area (Å²) in [5.41, 5.74) is 1.97. The number of pyridine rings is 1. The summed E-state index contributed by atoms with van der Waals surface area (Å²) in [5.74, 6) is 1.26. The van der Waals surface area contributed by atoms with Crippen LogP contribution in [0.4, 0.5) is 5.82 Å². The summed E-state index contributed by atoms with van der Waals surface area (Å²) in [4.78, 5) is 21.3. The van der Waals surface area contributed by atoms with Crippen LogP contribution >= 0.6 is 11.8 Å². The molecule has 0 aliphatic carbocycles. The number of nitrogens with zero attached hydrogens (tertiary/aromatic N) is 2. The summed E-state index contributed by atoms with van der Waals surface area (Å²) in [5, 5.41) is 3.30. The Morgan fingerprint density at radius 3 is 2.92 bits per heavy atom. The number of ether oxygens (including phenoxy) is 1. The Labute approximate surface area is 149 Å². The Balaban J connectivity index is 1.61. The van der Waals surface area contributed by atoms with E-state index >= 15 is 0 Å². The van der Waals surface area contributed by atoms with Crippen molar-refractivity contribution in [2.45, 2.75) is 13.0 Å². The number of carbonyl (C=O) groups excluding carboxylic acids is 1. The van der Waals surface area contributed by atoms with E-state index in [0.29, 0.717) is 15.9 Å². The fourth-order valence-corrected chi connectivity index (χ4v) is 3.41. The molecular weight excluding hydrogens is 334 g/mol. The Kier molecular flexibility index (Phi) is 4.11. The van der Waals surface area contributed by atoms with Gasteiger partial charge < -0.3 is 10.1 Å². The van der Waals surface area contributed by atoms with Gasteiger partial charge in [0.15, 0.2) is 11.0 Å². The number of amides is 1. The number of thioether (sulfide) groups is 1. The van der Waals surface area contributed by atoms with Gasteiger partial charge in [-0.3, -0.25) is 4.79 Å². The minimum atomic E-state index is -0.161. The zero-order chi connectivity index (χ0) is 17.2. The summed E-state index contributed by atoms with van der Waals surface area (Å²) in [7, 11) is 0. The molecule has 1 fully saturated rings. The van der Waals surface area contributed by atoms with Crippen LogP contribution < -0.4 is 10.1 Å². The standard InChI is InChI=1S/C19H15N3O2S/c1-12-14(10-13-6-2-3-7-15(13)24-12)11-16-18(23)22-19(25-16)21-17-8-4-5-9-20-17/h2-12H,1H3,(H,20,21,22,23)/b16-11-/t12-/m1/s1. The molecule has 1 aromatic heterocycles. The third-order valence-corrected chi connectivity index (χ3v) is 4.74. The average molecular weight is 349 g/mol. The summed E-state index contributed by atoms with van der Waals surface area (Å²) in [6, 6.07) is 13.3. The van der Waals surface area contributed by atoms with Gasteiger partial charge in [0.25, 0.3) is 5.91 Å². The number of para-hydroxylation sites is 1. The molecule has 25 heavy (non-hydrogen) atoms. The highest BCUT2D eigenvalue weighted by Gasteiger charge is 2.26. The Bertz CT molecular complexity index is 919. The molecule has 6 heteroatoms. The first kappa shape index (κ1) is 15.7. The van der Waals surface area contributed by atoms with E-state index in [0.717, 1.165) is 16.9 Å². The molecule has 0 spiro atoms. The lowest BCUT2D eigenvalue weighted by Gasteiger charge is -2.22. The van der Waals surface area contributed by atoms with Crippen LogP contribution in [0.5, 0.6) is 5.75 Å². The molecule has 0 saturated carbocycles. The van der Waals surface area contributed by atoms with Crippen LogP contribution in [0.3, 0.4) is 0 Å². The molecular formula is C19H15N3O2S. The molecule has 3 heterocycles. The molecule has 1 atom stereocenters. The van der Waals surface area contributed by atoms with Crippen LogP contribution in [0.15, 0.2) is 70.2 Å². The summed E-state index contributed by atoms with van der Waals surface area (Å²) >= 11 is 1.30. The molecule has 0 bridgehead atoms. The van der Waals surface area contributed by atoms with E-state index in [9.17, 15) is 4.79 Å². The van der Waals surface area contributed by atoms with Crippen molar-refractivity contribution in [3.05, 3.63) is 70.8 Å². The fourth-order valence-electron chi connectivity index (χ4n) is 2.58. The number of amidine groups is 1. The first-order valence-corrected chi connectivity index (χ1v) is 8.68. The summed E-state index contributed by atoms with van der Waals surface area (Å²) in [6.07, 6.45) is 5.47. The SMILES string of the molecule is C[C@H]1Oc2ccccc2C=C1/C=C1\SC(=Nc2ccccn2)NC1=O. The van der Waals surface area contributed by atoms with Gasteiger partial charge in [-0.05, 0) is 54.6 Å². The van der Waals surface area contributed by atoms with Gasteiger partial charge in [0.2, 0.25) is 0 Å². The van der Waals surface area contributed by atoms with Gasteiger partial charge in [0, 0.05) is 11.8 Å². The number of hydrogen-bond acceptors (Lipinski definition) is 5. The second-order valence-corrected chi connectivity index (χ2v) is 6.64. The van der Waals surface area contributed by atoms with E-state index in [4.69, 9.17) is 4.74 Å². The number of hydrogen-bond donors (Lipinski definition) is 1. The van der Waals surface area contributed by atoms with E-state index < -0.39 is 0 Å². The second-order valence-electron chi connectivity index (χ2n) is 5.61. The maximum absolute atomic E-state index is 12.2. The number of carbonyl (C=O) groups is 1. The topological polar surface area (TPSA) is 63.6 Å². The molecule has 0 unspecified atom stereocenters. The highest BCUT2D eigenvalue weighted by molar-refractivity contribution is 8.18. The Morgan fingerprint density at radius 2 is 2.08 bits per heavy atom. The number of rotatable bonds is 2. The van der Waals surface area contributed by atoms with Crippen LogP contribution in [0.2, 0.25) is 0 Å². The molecule has 1 saturated heterocycles. The van der Waals surface area contributed by atoms with Crippen molar-refractivity contribution in [1.82, 2.24) is 10.3 Å². The van der Waals surface area contributed by atoms with Gasteiger partial charge in [-0.1, -0.05) is 24.3 Å². The van der Waals surface area contributed by atoms with Crippen molar-refractivity contribution in [1.29, 1.82) is 0 Å². The molecule has 0 radical (unpaired) electrons. The molecule has 124 valence electrons. The van der Waals surface area contributed by atoms with Gasteiger partial charge in [-0.2, -0.15) is 0 Å². The van der Waals surface area contributed by atoms with Gasteiger partial charge in [-0.15, -0.1) is 0 Å². The lowest BCUT2D eigenvalue weighted by atomic mass is 10.0. The number of aliphatic imine (C=N–C) groups is 1.